The molecule has 1 aliphatic rings. The molecule has 1 saturated carbocycles. The molecule has 0 saturated heterocycles. The molecule has 0 aromatic rings. The molecule has 1 N–H and O–H groups in total. The minimum Gasteiger partial charge on any atom is -0.480 e. The molecular formula is C13H25NO2. The van der Waals surface area contributed by atoms with E-state index >= 15 is 0 Å². The number of hydrogen-bond acceptors (Lipinski definition) is 2. The Hall–Kier alpha value is -0.570. The summed E-state index contributed by atoms with van der Waals surface area (Å²) in [6.07, 6.45) is 7.52. The lowest BCUT2D eigenvalue weighted by Gasteiger charge is -2.31. The summed E-state index contributed by atoms with van der Waals surface area (Å²) in [5, 5.41) is 8.96. The summed E-state index contributed by atoms with van der Waals surface area (Å²) in [6, 6.07) is 0.501. The third kappa shape index (κ3) is 4.97. The largest absolute Gasteiger partial charge is 0.480 e. The maximum absolute atomic E-state index is 10.9. The van der Waals surface area contributed by atoms with E-state index in [2.05, 4.69) is 18.7 Å². The molecule has 0 heterocycles. The van der Waals surface area contributed by atoms with E-state index in [9.17, 15) is 4.79 Å². The fraction of sp³-hybridized carbons (Fsp3) is 0.923. The van der Waals surface area contributed by atoms with Gasteiger partial charge in [-0.05, 0) is 18.8 Å². The van der Waals surface area contributed by atoms with Gasteiger partial charge in [-0.2, -0.15) is 0 Å². The Bertz CT molecular complexity index is 208. The second-order valence-corrected chi connectivity index (χ2v) is 5.36. The predicted octanol–water partition coefficient (Wildman–Crippen LogP) is 2.75. The van der Waals surface area contributed by atoms with E-state index in [1.165, 1.54) is 38.5 Å². The van der Waals surface area contributed by atoms with Crippen LogP contribution in [0, 0.1) is 5.92 Å². The van der Waals surface area contributed by atoms with E-state index in [-0.39, 0.29) is 6.54 Å². The van der Waals surface area contributed by atoms with Gasteiger partial charge in [-0.1, -0.05) is 39.5 Å². The van der Waals surface area contributed by atoms with Gasteiger partial charge in [-0.15, -0.1) is 0 Å². The van der Waals surface area contributed by atoms with E-state index in [4.69, 9.17) is 5.11 Å². The first kappa shape index (κ1) is 13.5. The number of nitrogens with zero attached hydrogens (tertiary/aromatic N) is 1. The van der Waals surface area contributed by atoms with Gasteiger partial charge < -0.3 is 5.11 Å². The van der Waals surface area contributed by atoms with E-state index in [1.54, 1.807) is 0 Å². The lowest BCUT2D eigenvalue weighted by Crippen LogP contribution is -2.41. The Balaban J connectivity index is 2.53. The van der Waals surface area contributed by atoms with Crippen LogP contribution in [-0.4, -0.2) is 35.1 Å². The summed E-state index contributed by atoms with van der Waals surface area (Å²) in [7, 11) is 0. The quantitative estimate of drug-likeness (QED) is 0.734. The molecule has 3 heteroatoms. The molecule has 16 heavy (non-hydrogen) atoms. The number of carboxylic acid groups (broad SMARTS) is 1. The van der Waals surface area contributed by atoms with Crippen molar-refractivity contribution in [2.75, 3.05) is 13.1 Å². The van der Waals surface area contributed by atoms with Crippen LogP contribution in [0.2, 0.25) is 0 Å². The van der Waals surface area contributed by atoms with Crippen LogP contribution < -0.4 is 0 Å². The first-order chi connectivity index (χ1) is 7.59. The van der Waals surface area contributed by atoms with Gasteiger partial charge in [0.2, 0.25) is 0 Å². The Morgan fingerprint density at radius 1 is 1.25 bits per heavy atom. The molecule has 0 spiro atoms. The summed E-state index contributed by atoms with van der Waals surface area (Å²) >= 11 is 0. The molecule has 0 aliphatic heterocycles. The zero-order valence-corrected chi connectivity index (χ0v) is 10.6. The SMILES string of the molecule is CC(C)CN(CC(=O)O)C1CCCCCC1. The van der Waals surface area contributed by atoms with Crippen molar-refractivity contribution in [1.29, 1.82) is 0 Å². The van der Waals surface area contributed by atoms with Crippen molar-refractivity contribution >= 4 is 5.97 Å². The van der Waals surface area contributed by atoms with Crippen molar-refractivity contribution in [2.24, 2.45) is 5.92 Å². The lowest BCUT2D eigenvalue weighted by atomic mass is 10.1. The summed E-state index contributed by atoms with van der Waals surface area (Å²) < 4.78 is 0. The molecule has 0 atom stereocenters. The molecule has 94 valence electrons. The molecule has 1 fully saturated rings. The molecule has 0 unspecified atom stereocenters. The summed E-state index contributed by atoms with van der Waals surface area (Å²) in [5.74, 6) is -0.146. The molecule has 0 bridgehead atoms. The number of aliphatic carboxylic acids is 1. The average Bonchev–Trinajstić information content (AvgIpc) is 2.42. The smallest absolute Gasteiger partial charge is 0.317 e. The molecule has 0 radical (unpaired) electrons. The van der Waals surface area contributed by atoms with Gasteiger partial charge in [0.05, 0.1) is 6.54 Å². The molecule has 0 aromatic heterocycles. The van der Waals surface area contributed by atoms with Crippen LogP contribution in [0.15, 0.2) is 0 Å². The standard InChI is InChI=1S/C13H25NO2/c1-11(2)9-14(10-13(15)16)12-7-5-3-4-6-8-12/h11-12H,3-10H2,1-2H3,(H,15,16). The Kier molecular flexibility index (Phi) is 5.81. The van der Waals surface area contributed by atoms with E-state index in [0.717, 1.165) is 6.54 Å². The summed E-state index contributed by atoms with van der Waals surface area (Å²) in [4.78, 5) is 13.1. The molecule has 0 aromatic carbocycles. The minimum absolute atomic E-state index is 0.211. The van der Waals surface area contributed by atoms with Crippen LogP contribution in [0.1, 0.15) is 52.4 Å². The maximum atomic E-state index is 10.9. The van der Waals surface area contributed by atoms with Crippen LogP contribution in [0.25, 0.3) is 0 Å². The van der Waals surface area contributed by atoms with Crippen molar-refractivity contribution in [3.8, 4) is 0 Å². The van der Waals surface area contributed by atoms with Crippen molar-refractivity contribution in [3.63, 3.8) is 0 Å². The van der Waals surface area contributed by atoms with Crippen molar-refractivity contribution in [2.45, 2.75) is 58.4 Å². The first-order valence-electron chi connectivity index (χ1n) is 6.55. The third-order valence-corrected chi connectivity index (χ3v) is 3.28. The van der Waals surface area contributed by atoms with E-state index in [1.807, 2.05) is 0 Å². The second kappa shape index (κ2) is 6.89. The Morgan fingerprint density at radius 3 is 2.25 bits per heavy atom. The predicted molar refractivity (Wildman–Crippen MR) is 65.5 cm³/mol. The highest BCUT2D eigenvalue weighted by molar-refractivity contribution is 5.69. The Morgan fingerprint density at radius 2 is 1.81 bits per heavy atom. The van der Waals surface area contributed by atoms with Crippen molar-refractivity contribution in [3.05, 3.63) is 0 Å². The minimum atomic E-state index is -0.690. The highest BCUT2D eigenvalue weighted by atomic mass is 16.4. The van der Waals surface area contributed by atoms with Gasteiger partial charge in [-0.25, -0.2) is 0 Å². The molecule has 1 aliphatic carbocycles. The van der Waals surface area contributed by atoms with Crippen LogP contribution in [0.5, 0.6) is 0 Å². The highest BCUT2D eigenvalue weighted by Gasteiger charge is 2.22. The van der Waals surface area contributed by atoms with Crippen molar-refractivity contribution < 1.29 is 9.90 Å². The number of rotatable bonds is 5. The van der Waals surface area contributed by atoms with Crippen LogP contribution in [0.4, 0.5) is 0 Å². The van der Waals surface area contributed by atoms with Crippen LogP contribution >= 0.6 is 0 Å². The molecule has 3 nitrogen and oxygen atoms in total. The molecular weight excluding hydrogens is 202 g/mol. The summed E-state index contributed by atoms with van der Waals surface area (Å²) in [6.45, 7) is 5.44. The van der Waals surface area contributed by atoms with E-state index < -0.39 is 5.97 Å². The van der Waals surface area contributed by atoms with Gasteiger partial charge >= 0.3 is 5.97 Å². The van der Waals surface area contributed by atoms with E-state index in [0.29, 0.717) is 12.0 Å². The fourth-order valence-electron chi connectivity index (χ4n) is 2.61. The lowest BCUT2D eigenvalue weighted by molar-refractivity contribution is -0.139. The highest BCUT2D eigenvalue weighted by Crippen LogP contribution is 2.22. The molecule has 0 amide bonds. The zero-order chi connectivity index (χ0) is 12.0. The topological polar surface area (TPSA) is 40.5 Å². The van der Waals surface area contributed by atoms with Gasteiger partial charge in [0.15, 0.2) is 0 Å². The number of hydrogen-bond donors (Lipinski definition) is 1. The van der Waals surface area contributed by atoms with Crippen LogP contribution in [0.3, 0.4) is 0 Å². The molecule has 1 rings (SSSR count). The monoisotopic (exact) mass is 227 g/mol. The van der Waals surface area contributed by atoms with Gasteiger partial charge in [0.25, 0.3) is 0 Å². The average molecular weight is 227 g/mol. The van der Waals surface area contributed by atoms with Gasteiger partial charge in [0, 0.05) is 12.6 Å². The fourth-order valence-corrected chi connectivity index (χ4v) is 2.61. The third-order valence-electron chi connectivity index (χ3n) is 3.28. The first-order valence-corrected chi connectivity index (χ1v) is 6.55. The number of carbonyl (C=O) groups is 1. The number of carboxylic acids is 1. The summed E-state index contributed by atoms with van der Waals surface area (Å²) in [5.41, 5.74) is 0. The normalized spacial score (nSPS) is 19.0. The maximum Gasteiger partial charge on any atom is 0.317 e. The van der Waals surface area contributed by atoms with Gasteiger partial charge in [0.1, 0.15) is 0 Å². The zero-order valence-electron chi connectivity index (χ0n) is 10.6. The second-order valence-electron chi connectivity index (χ2n) is 5.36. The van der Waals surface area contributed by atoms with Gasteiger partial charge in [-0.3, -0.25) is 9.69 Å². The van der Waals surface area contributed by atoms with Crippen molar-refractivity contribution in [1.82, 2.24) is 4.90 Å². The van der Waals surface area contributed by atoms with Crippen LogP contribution in [-0.2, 0) is 4.79 Å². The Labute approximate surface area is 98.8 Å².